The number of hydrogen-bond donors (Lipinski definition) is 2. The molecular weight excluding hydrogens is 454 g/mol. The fourth-order valence-electron chi connectivity index (χ4n) is 2.48. The van der Waals surface area contributed by atoms with Gasteiger partial charge in [0.2, 0.25) is 0 Å². The molecule has 0 aliphatic heterocycles. The van der Waals surface area contributed by atoms with Gasteiger partial charge in [-0.15, -0.1) is 0 Å². The fraction of sp³-hybridized carbons (Fsp3) is 0.286. The number of benzene rings is 2. The van der Waals surface area contributed by atoms with E-state index in [4.69, 9.17) is 14.2 Å². The second kappa shape index (κ2) is 11.2. The molecule has 2 aromatic carbocycles. The maximum absolute atomic E-state index is 12.3. The summed E-state index contributed by atoms with van der Waals surface area (Å²) in [6.45, 7) is 3.92. The molecule has 0 heterocycles. The monoisotopic (exact) mass is 477 g/mol. The standard InChI is InChI=1S/C21H24BrN3O5/c1-5-30-18-11-14(10-17(22)19(18)29-4)12-23-25-20(26)13(2)24-21(27)15-6-8-16(28-3)9-7-15/h6-13H,5H2,1-4H3,(H,24,27)(H,25,26). The Morgan fingerprint density at radius 3 is 2.47 bits per heavy atom. The number of halogens is 1. The molecule has 2 amide bonds. The van der Waals surface area contributed by atoms with E-state index in [0.29, 0.717) is 39.5 Å². The van der Waals surface area contributed by atoms with Gasteiger partial charge in [-0.1, -0.05) is 0 Å². The molecule has 0 saturated heterocycles. The number of methoxy groups -OCH3 is 2. The number of carbonyl (C=O) groups excluding carboxylic acids is 2. The van der Waals surface area contributed by atoms with Gasteiger partial charge < -0.3 is 19.5 Å². The van der Waals surface area contributed by atoms with Gasteiger partial charge in [-0.2, -0.15) is 5.10 Å². The molecule has 0 saturated carbocycles. The van der Waals surface area contributed by atoms with Crippen LogP contribution in [0.25, 0.3) is 0 Å². The minimum Gasteiger partial charge on any atom is -0.497 e. The van der Waals surface area contributed by atoms with Crippen molar-refractivity contribution in [2.45, 2.75) is 19.9 Å². The van der Waals surface area contributed by atoms with Crippen LogP contribution in [0.5, 0.6) is 17.2 Å². The summed E-state index contributed by atoms with van der Waals surface area (Å²) in [5, 5.41) is 6.58. The van der Waals surface area contributed by atoms with E-state index in [-0.39, 0.29) is 5.91 Å². The molecule has 8 nitrogen and oxygen atoms in total. The average Bonchev–Trinajstić information content (AvgIpc) is 2.73. The SMILES string of the molecule is CCOc1cc(C=NNC(=O)C(C)NC(=O)c2ccc(OC)cc2)cc(Br)c1OC. The Bertz CT molecular complexity index is 916. The van der Waals surface area contributed by atoms with Crippen molar-refractivity contribution in [1.82, 2.24) is 10.7 Å². The zero-order chi connectivity index (χ0) is 22.1. The highest BCUT2D eigenvalue weighted by atomic mass is 79.9. The molecular formula is C21H24BrN3O5. The molecule has 2 N–H and O–H groups in total. The van der Waals surface area contributed by atoms with Gasteiger partial charge in [0.25, 0.3) is 11.8 Å². The van der Waals surface area contributed by atoms with Crippen molar-refractivity contribution in [2.24, 2.45) is 5.10 Å². The number of nitrogens with zero attached hydrogens (tertiary/aromatic N) is 1. The zero-order valence-corrected chi connectivity index (χ0v) is 18.8. The lowest BCUT2D eigenvalue weighted by molar-refractivity contribution is -0.122. The van der Waals surface area contributed by atoms with Gasteiger partial charge in [0.15, 0.2) is 11.5 Å². The van der Waals surface area contributed by atoms with Crippen LogP contribution in [0.1, 0.15) is 29.8 Å². The number of hydrazone groups is 1. The second-order valence-corrected chi connectivity index (χ2v) is 6.98. The predicted molar refractivity (Wildman–Crippen MR) is 118 cm³/mol. The molecule has 0 bridgehead atoms. The van der Waals surface area contributed by atoms with Crippen molar-refractivity contribution >= 4 is 34.0 Å². The molecule has 2 rings (SSSR count). The van der Waals surface area contributed by atoms with Crippen LogP contribution in [0.2, 0.25) is 0 Å². The second-order valence-electron chi connectivity index (χ2n) is 6.13. The average molecular weight is 478 g/mol. The van der Waals surface area contributed by atoms with Crippen LogP contribution in [0.4, 0.5) is 0 Å². The fourth-order valence-corrected chi connectivity index (χ4v) is 3.10. The summed E-state index contributed by atoms with van der Waals surface area (Å²) in [5.74, 6) is 0.954. The van der Waals surface area contributed by atoms with Gasteiger partial charge in [-0.25, -0.2) is 5.43 Å². The molecule has 0 spiro atoms. The molecule has 0 aliphatic carbocycles. The van der Waals surface area contributed by atoms with Crippen LogP contribution in [0.15, 0.2) is 46.0 Å². The summed E-state index contributed by atoms with van der Waals surface area (Å²) in [5.41, 5.74) is 3.53. The number of ether oxygens (including phenoxy) is 3. The van der Waals surface area contributed by atoms with Crippen molar-refractivity contribution in [3.05, 3.63) is 52.0 Å². The van der Waals surface area contributed by atoms with Crippen molar-refractivity contribution in [3.63, 3.8) is 0 Å². The zero-order valence-electron chi connectivity index (χ0n) is 17.2. The molecule has 9 heteroatoms. The Hall–Kier alpha value is -3.07. The van der Waals surface area contributed by atoms with E-state index in [2.05, 4.69) is 31.8 Å². The first-order valence-corrected chi connectivity index (χ1v) is 9.97. The lowest BCUT2D eigenvalue weighted by atomic mass is 10.2. The number of amides is 2. The minimum absolute atomic E-state index is 0.371. The summed E-state index contributed by atoms with van der Waals surface area (Å²) in [4.78, 5) is 24.5. The molecule has 0 radical (unpaired) electrons. The molecule has 160 valence electrons. The van der Waals surface area contributed by atoms with E-state index >= 15 is 0 Å². The van der Waals surface area contributed by atoms with Crippen LogP contribution < -0.4 is 25.0 Å². The number of rotatable bonds is 9. The Morgan fingerprint density at radius 1 is 1.17 bits per heavy atom. The molecule has 1 unspecified atom stereocenters. The van der Waals surface area contributed by atoms with Gasteiger partial charge >= 0.3 is 0 Å². The van der Waals surface area contributed by atoms with Crippen molar-refractivity contribution in [2.75, 3.05) is 20.8 Å². The van der Waals surface area contributed by atoms with E-state index in [1.165, 1.54) is 6.21 Å². The van der Waals surface area contributed by atoms with Gasteiger partial charge in [0, 0.05) is 5.56 Å². The topological polar surface area (TPSA) is 98.2 Å². The summed E-state index contributed by atoms with van der Waals surface area (Å²) in [6.07, 6.45) is 1.47. The summed E-state index contributed by atoms with van der Waals surface area (Å²) in [6, 6.07) is 9.34. The quantitative estimate of drug-likeness (QED) is 0.427. The Kier molecular flexibility index (Phi) is 8.67. The van der Waals surface area contributed by atoms with E-state index in [9.17, 15) is 9.59 Å². The highest BCUT2D eigenvalue weighted by Crippen LogP contribution is 2.36. The number of nitrogens with one attached hydrogen (secondary N) is 2. The highest BCUT2D eigenvalue weighted by Gasteiger charge is 2.16. The van der Waals surface area contributed by atoms with E-state index in [1.54, 1.807) is 57.5 Å². The largest absolute Gasteiger partial charge is 0.497 e. The number of carbonyl (C=O) groups is 2. The highest BCUT2D eigenvalue weighted by molar-refractivity contribution is 9.10. The van der Waals surface area contributed by atoms with Crippen molar-refractivity contribution in [3.8, 4) is 17.2 Å². The van der Waals surface area contributed by atoms with E-state index < -0.39 is 11.9 Å². The third-order valence-corrected chi connectivity index (χ3v) is 4.61. The van der Waals surface area contributed by atoms with Crippen molar-refractivity contribution in [1.29, 1.82) is 0 Å². The van der Waals surface area contributed by atoms with Gasteiger partial charge in [-0.3, -0.25) is 9.59 Å². The predicted octanol–water partition coefficient (Wildman–Crippen LogP) is 3.13. The molecule has 0 aliphatic rings. The lowest BCUT2D eigenvalue weighted by Gasteiger charge is -2.13. The molecule has 30 heavy (non-hydrogen) atoms. The first kappa shape index (κ1) is 23.2. The van der Waals surface area contributed by atoms with E-state index in [0.717, 1.165) is 0 Å². The summed E-state index contributed by atoms with van der Waals surface area (Å²) < 4.78 is 16.6. The first-order chi connectivity index (χ1) is 14.4. The number of hydrogen-bond acceptors (Lipinski definition) is 6. The van der Waals surface area contributed by atoms with Gasteiger partial charge in [0.05, 0.1) is 31.5 Å². The van der Waals surface area contributed by atoms with Gasteiger partial charge in [-0.05, 0) is 71.7 Å². The van der Waals surface area contributed by atoms with Crippen LogP contribution in [0.3, 0.4) is 0 Å². The van der Waals surface area contributed by atoms with Crippen LogP contribution in [-0.2, 0) is 4.79 Å². The summed E-state index contributed by atoms with van der Waals surface area (Å²) in [7, 11) is 3.10. The molecule has 2 aromatic rings. The third kappa shape index (κ3) is 6.21. The first-order valence-electron chi connectivity index (χ1n) is 9.17. The maximum Gasteiger partial charge on any atom is 0.262 e. The van der Waals surface area contributed by atoms with Crippen LogP contribution in [-0.4, -0.2) is 44.9 Å². The molecule has 1 atom stereocenters. The lowest BCUT2D eigenvalue weighted by Crippen LogP contribution is -2.43. The van der Waals surface area contributed by atoms with Gasteiger partial charge in [0.1, 0.15) is 11.8 Å². The normalized spacial score (nSPS) is 11.6. The summed E-state index contributed by atoms with van der Waals surface area (Å²) >= 11 is 3.42. The van der Waals surface area contributed by atoms with E-state index in [1.807, 2.05) is 6.92 Å². The third-order valence-electron chi connectivity index (χ3n) is 4.02. The minimum atomic E-state index is -0.779. The van der Waals surface area contributed by atoms with Crippen molar-refractivity contribution < 1.29 is 23.8 Å². The smallest absolute Gasteiger partial charge is 0.262 e. The van der Waals surface area contributed by atoms with Crippen LogP contribution in [0, 0.1) is 0 Å². The maximum atomic E-state index is 12.3. The molecule has 0 fully saturated rings. The Balaban J connectivity index is 1.97. The van der Waals surface area contributed by atoms with Crippen LogP contribution >= 0.6 is 15.9 Å². The Morgan fingerprint density at radius 2 is 1.87 bits per heavy atom. The Labute approximate surface area is 183 Å². The molecule has 0 aromatic heterocycles.